The molecule has 0 bridgehead atoms. The first kappa shape index (κ1) is 18.4. The zero-order valence-electron chi connectivity index (χ0n) is 12.4. The van der Waals surface area contributed by atoms with Crippen LogP contribution in [-0.2, 0) is 9.53 Å². The van der Waals surface area contributed by atoms with Gasteiger partial charge >= 0.3 is 18.1 Å². The number of nitrogens with zero attached hydrogens (tertiary/aromatic N) is 2. The molecule has 10 heteroatoms. The predicted molar refractivity (Wildman–Crippen MR) is 71.7 cm³/mol. The van der Waals surface area contributed by atoms with Crippen molar-refractivity contribution < 1.29 is 32.4 Å². The van der Waals surface area contributed by atoms with E-state index in [2.05, 4.69) is 4.74 Å². The summed E-state index contributed by atoms with van der Waals surface area (Å²) < 4.78 is 41.8. The van der Waals surface area contributed by atoms with Crippen molar-refractivity contribution in [3.63, 3.8) is 0 Å². The molecule has 1 aromatic rings. The van der Waals surface area contributed by atoms with Crippen LogP contribution in [0.25, 0.3) is 0 Å². The van der Waals surface area contributed by atoms with Crippen LogP contribution in [0.4, 0.5) is 18.9 Å². The largest absolute Gasteiger partial charge is 0.471 e. The third-order valence-corrected chi connectivity index (χ3v) is 3.24. The molecule has 0 aliphatic rings. The normalized spacial score (nSPS) is 12.4. The quantitative estimate of drug-likeness (QED) is 0.479. The molecule has 0 aromatic heterocycles. The van der Waals surface area contributed by atoms with Crippen molar-refractivity contribution in [2.45, 2.75) is 19.1 Å². The Morgan fingerprint density at radius 1 is 1.35 bits per heavy atom. The van der Waals surface area contributed by atoms with Gasteiger partial charge in [0.15, 0.2) is 0 Å². The van der Waals surface area contributed by atoms with Gasteiger partial charge in [-0.2, -0.15) is 13.2 Å². The molecular weight excluding hydrogens is 321 g/mol. The SMILES string of the molecule is COC(=O)c1ccc(C(C)N(C)C(=O)C(F)(F)F)c([N+](=O)[O-])c1. The van der Waals surface area contributed by atoms with Gasteiger partial charge in [-0.05, 0) is 19.1 Å². The molecule has 1 atom stereocenters. The number of esters is 1. The number of nitro groups is 1. The molecule has 0 heterocycles. The molecule has 0 saturated heterocycles. The lowest BCUT2D eigenvalue weighted by Gasteiger charge is -2.26. The Hall–Kier alpha value is -2.65. The Balaban J connectivity index is 3.28. The second kappa shape index (κ2) is 6.63. The number of rotatable bonds is 4. The summed E-state index contributed by atoms with van der Waals surface area (Å²) in [6, 6.07) is 1.96. The van der Waals surface area contributed by atoms with Crippen molar-refractivity contribution in [3.05, 3.63) is 39.4 Å². The lowest BCUT2D eigenvalue weighted by atomic mass is 10.0. The van der Waals surface area contributed by atoms with Crippen LogP contribution in [-0.4, -0.2) is 42.0 Å². The number of alkyl halides is 3. The second-order valence-corrected chi connectivity index (χ2v) is 4.61. The molecule has 0 spiro atoms. The van der Waals surface area contributed by atoms with Gasteiger partial charge in [-0.1, -0.05) is 0 Å². The van der Waals surface area contributed by atoms with E-state index in [4.69, 9.17) is 0 Å². The van der Waals surface area contributed by atoms with Crippen LogP contribution >= 0.6 is 0 Å². The summed E-state index contributed by atoms with van der Waals surface area (Å²) in [5.74, 6) is -2.96. The van der Waals surface area contributed by atoms with E-state index in [-0.39, 0.29) is 11.1 Å². The number of nitro benzene ring substituents is 1. The minimum atomic E-state index is -5.09. The van der Waals surface area contributed by atoms with Crippen LogP contribution < -0.4 is 0 Å². The molecule has 7 nitrogen and oxygen atoms in total. The van der Waals surface area contributed by atoms with Crippen LogP contribution in [0.15, 0.2) is 18.2 Å². The number of halogens is 3. The number of hydrogen-bond donors (Lipinski definition) is 0. The Morgan fingerprint density at radius 3 is 2.35 bits per heavy atom. The molecular formula is C13H13F3N2O5. The fourth-order valence-corrected chi connectivity index (χ4v) is 1.88. The number of hydrogen-bond acceptors (Lipinski definition) is 5. The van der Waals surface area contributed by atoms with E-state index >= 15 is 0 Å². The van der Waals surface area contributed by atoms with Gasteiger partial charge in [0.05, 0.1) is 29.2 Å². The lowest BCUT2D eigenvalue weighted by Crippen LogP contribution is -2.40. The van der Waals surface area contributed by atoms with E-state index in [1.54, 1.807) is 0 Å². The van der Waals surface area contributed by atoms with Crippen LogP contribution in [0.3, 0.4) is 0 Å². The van der Waals surface area contributed by atoms with Crippen LogP contribution in [0.1, 0.15) is 28.9 Å². The first-order chi connectivity index (χ1) is 10.5. The highest BCUT2D eigenvalue weighted by Gasteiger charge is 2.43. The van der Waals surface area contributed by atoms with E-state index in [0.717, 1.165) is 26.3 Å². The standard InChI is InChI=1S/C13H13F3N2O5/c1-7(17(2)12(20)13(14,15)16)9-5-4-8(11(19)23-3)6-10(9)18(21)22/h4-7H,1-3H3. The molecule has 0 saturated carbocycles. The molecule has 0 radical (unpaired) electrons. The van der Waals surface area contributed by atoms with Crippen molar-refractivity contribution in [1.29, 1.82) is 0 Å². The fourth-order valence-electron chi connectivity index (χ4n) is 1.88. The molecule has 1 rings (SSSR count). The average Bonchev–Trinajstić information content (AvgIpc) is 2.50. The smallest absolute Gasteiger partial charge is 0.465 e. The second-order valence-electron chi connectivity index (χ2n) is 4.61. The molecule has 23 heavy (non-hydrogen) atoms. The Morgan fingerprint density at radius 2 is 1.91 bits per heavy atom. The molecule has 0 fully saturated rings. The number of carbonyl (C=O) groups excluding carboxylic acids is 2. The number of carbonyl (C=O) groups is 2. The summed E-state index contributed by atoms with van der Waals surface area (Å²) in [6.07, 6.45) is -5.09. The Labute approximate surface area is 128 Å². The molecule has 0 aliphatic heterocycles. The Kier molecular flexibility index (Phi) is 5.30. The Bertz CT molecular complexity index is 645. The predicted octanol–water partition coefficient (Wildman–Crippen LogP) is 2.46. The maximum Gasteiger partial charge on any atom is 0.471 e. The van der Waals surface area contributed by atoms with Gasteiger partial charge in [-0.15, -0.1) is 0 Å². The van der Waals surface area contributed by atoms with Gasteiger partial charge in [-0.25, -0.2) is 4.79 Å². The summed E-state index contributed by atoms with van der Waals surface area (Å²) in [6.45, 7) is 1.21. The van der Waals surface area contributed by atoms with Gasteiger partial charge in [0.1, 0.15) is 0 Å². The van der Waals surface area contributed by atoms with E-state index in [1.807, 2.05) is 0 Å². The van der Waals surface area contributed by atoms with Crippen LogP contribution in [0, 0.1) is 10.1 Å². The first-order valence-electron chi connectivity index (χ1n) is 6.21. The monoisotopic (exact) mass is 334 g/mol. The minimum absolute atomic E-state index is 0.125. The summed E-state index contributed by atoms with van der Waals surface area (Å²) >= 11 is 0. The van der Waals surface area contributed by atoms with Crippen molar-refractivity contribution >= 4 is 17.6 Å². The van der Waals surface area contributed by atoms with Gasteiger partial charge in [0.25, 0.3) is 5.69 Å². The number of amides is 1. The summed E-state index contributed by atoms with van der Waals surface area (Å²) in [5, 5.41) is 11.1. The third kappa shape index (κ3) is 3.96. The number of benzene rings is 1. The van der Waals surface area contributed by atoms with Gasteiger partial charge in [0, 0.05) is 13.1 Å². The zero-order valence-corrected chi connectivity index (χ0v) is 12.4. The third-order valence-electron chi connectivity index (χ3n) is 3.24. The molecule has 0 aliphatic carbocycles. The number of ether oxygens (including phenoxy) is 1. The van der Waals surface area contributed by atoms with Crippen LogP contribution in [0.2, 0.25) is 0 Å². The van der Waals surface area contributed by atoms with Crippen molar-refractivity contribution in [2.75, 3.05) is 14.2 Å². The summed E-state index contributed by atoms with van der Waals surface area (Å²) in [5.41, 5.74) is -0.843. The van der Waals surface area contributed by atoms with Crippen LogP contribution in [0.5, 0.6) is 0 Å². The minimum Gasteiger partial charge on any atom is -0.465 e. The summed E-state index contributed by atoms with van der Waals surface area (Å²) in [4.78, 5) is 33.2. The maximum absolute atomic E-state index is 12.5. The zero-order chi connectivity index (χ0) is 17.9. The first-order valence-corrected chi connectivity index (χ1v) is 6.21. The van der Waals surface area contributed by atoms with Gasteiger partial charge in [0.2, 0.25) is 0 Å². The van der Waals surface area contributed by atoms with Crippen molar-refractivity contribution in [2.24, 2.45) is 0 Å². The van der Waals surface area contributed by atoms with E-state index in [1.165, 1.54) is 13.0 Å². The molecule has 1 unspecified atom stereocenters. The highest BCUT2D eigenvalue weighted by Crippen LogP contribution is 2.31. The molecule has 1 amide bonds. The maximum atomic E-state index is 12.5. The summed E-state index contributed by atoms with van der Waals surface area (Å²) in [7, 11) is 1.97. The molecule has 0 N–H and O–H groups in total. The van der Waals surface area contributed by atoms with Crippen molar-refractivity contribution in [3.8, 4) is 0 Å². The fraction of sp³-hybridized carbons (Fsp3) is 0.385. The van der Waals surface area contributed by atoms with Gasteiger partial charge in [-0.3, -0.25) is 14.9 Å². The van der Waals surface area contributed by atoms with E-state index < -0.39 is 34.7 Å². The highest BCUT2D eigenvalue weighted by molar-refractivity contribution is 5.90. The molecule has 126 valence electrons. The number of methoxy groups -OCH3 is 1. The highest BCUT2D eigenvalue weighted by atomic mass is 19.4. The van der Waals surface area contributed by atoms with E-state index in [9.17, 15) is 32.9 Å². The lowest BCUT2D eigenvalue weighted by molar-refractivity contribution is -0.385. The van der Waals surface area contributed by atoms with Gasteiger partial charge < -0.3 is 9.64 Å². The molecule has 1 aromatic carbocycles. The average molecular weight is 334 g/mol. The topological polar surface area (TPSA) is 89.8 Å². The van der Waals surface area contributed by atoms with E-state index in [0.29, 0.717) is 4.90 Å². The van der Waals surface area contributed by atoms with Crippen molar-refractivity contribution in [1.82, 2.24) is 4.90 Å².